The fourth-order valence-corrected chi connectivity index (χ4v) is 2.77. The summed E-state index contributed by atoms with van der Waals surface area (Å²) < 4.78 is 5.51. The Kier molecular flexibility index (Phi) is 3.29. The number of hydrogen-bond acceptors (Lipinski definition) is 5. The minimum Gasteiger partial charge on any atom is -0.337 e. The van der Waals surface area contributed by atoms with Gasteiger partial charge >= 0.3 is 0 Å². The van der Waals surface area contributed by atoms with Gasteiger partial charge < -0.3 is 9.84 Å². The molecule has 1 N–H and O–H groups in total. The van der Waals surface area contributed by atoms with Gasteiger partial charge in [0.05, 0.1) is 5.54 Å². The van der Waals surface area contributed by atoms with Crippen LogP contribution in [0.5, 0.6) is 0 Å². The molecule has 5 nitrogen and oxygen atoms in total. The molecule has 0 aliphatic carbocycles. The van der Waals surface area contributed by atoms with Gasteiger partial charge in [-0.05, 0) is 37.9 Å². The molecule has 1 aliphatic heterocycles. The number of aromatic nitrogens is 3. The van der Waals surface area contributed by atoms with Gasteiger partial charge in [0.25, 0.3) is 0 Å². The Hall–Kier alpha value is -1.75. The van der Waals surface area contributed by atoms with E-state index in [0.29, 0.717) is 11.7 Å². The van der Waals surface area contributed by atoms with Crippen molar-refractivity contribution in [3.8, 4) is 11.4 Å². The molecule has 0 saturated carbocycles. The Morgan fingerprint density at radius 1 is 1.47 bits per heavy atom. The first-order valence-corrected chi connectivity index (χ1v) is 6.84. The summed E-state index contributed by atoms with van der Waals surface area (Å²) in [6, 6.07) is 3.82. The van der Waals surface area contributed by atoms with E-state index in [-0.39, 0.29) is 5.54 Å². The van der Waals surface area contributed by atoms with Crippen molar-refractivity contribution in [3.63, 3.8) is 0 Å². The number of rotatable bonds is 4. The van der Waals surface area contributed by atoms with Crippen LogP contribution in [0.1, 0.15) is 38.5 Å². The first-order valence-electron chi connectivity index (χ1n) is 6.84. The fraction of sp³-hybridized carbons (Fsp3) is 0.500. The van der Waals surface area contributed by atoms with E-state index in [2.05, 4.69) is 27.4 Å². The first kappa shape index (κ1) is 12.3. The lowest BCUT2D eigenvalue weighted by atomic mass is 9.92. The van der Waals surface area contributed by atoms with E-state index >= 15 is 0 Å². The van der Waals surface area contributed by atoms with Crippen molar-refractivity contribution in [3.05, 3.63) is 30.4 Å². The summed E-state index contributed by atoms with van der Waals surface area (Å²) >= 11 is 0. The molecule has 100 valence electrons. The normalized spacial score (nSPS) is 22.8. The minimum absolute atomic E-state index is 0.123. The second-order valence-electron chi connectivity index (χ2n) is 5.03. The molecule has 1 aliphatic rings. The van der Waals surface area contributed by atoms with Gasteiger partial charge in [-0.1, -0.05) is 18.5 Å². The zero-order valence-corrected chi connectivity index (χ0v) is 11.1. The van der Waals surface area contributed by atoms with E-state index in [1.54, 1.807) is 12.4 Å². The van der Waals surface area contributed by atoms with Gasteiger partial charge in [0.15, 0.2) is 0 Å². The van der Waals surface area contributed by atoms with Crippen molar-refractivity contribution in [2.24, 2.45) is 0 Å². The van der Waals surface area contributed by atoms with Crippen LogP contribution in [-0.4, -0.2) is 21.7 Å². The molecule has 1 unspecified atom stereocenters. The molecular weight excluding hydrogens is 240 g/mol. The Morgan fingerprint density at radius 3 is 3.11 bits per heavy atom. The predicted octanol–water partition coefficient (Wildman–Crippen LogP) is 2.51. The number of nitrogens with zero attached hydrogens (tertiary/aromatic N) is 3. The summed E-state index contributed by atoms with van der Waals surface area (Å²) in [5, 5.41) is 7.63. The lowest BCUT2D eigenvalue weighted by Gasteiger charge is -2.24. The van der Waals surface area contributed by atoms with Crippen LogP contribution in [-0.2, 0) is 5.54 Å². The predicted molar refractivity (Wildman–Crippen MR) is 71.4 cm³/mol. The van der Waals surface area contributed by atoms with E-state index in [1.165, 1.54) is 0 Å². The summed E-state index contributed by atoms with van der Waals surface area (Å²) in [7, 11) is 0. The van der Waals surface area contributed by atoms with Crippen LogP contribution in [0, 0.1) is 0 Å². The zero-order chi connectivity index (χ0) is 13.1. The molecule has 2 aromatic heterocycles. The second kappa shape index (κ2) is 5.09. The van der Waals surface area contributed by atoms with Crippen LogP contribution in [0.3, 0.4) is 0 Å². The topological polar surface area (TPSA) is 63.8 Å². The highest BCUT2D eigenvalue weighted by Gasteiger charge is 2.39. The van der Waals surface area contributed by atoms with Crippen LogP contribution in [0.25, 0.3) is 11.4 Å². The standard InChI is InChI=1S/C14H18N4O/c1-2-6-14(7-4-9-16-14)13-17-12(18-19-13)11-5-3-8-15-10-11/h3,5,8,10,16H,2,4,6-7,9H2,1H3. The first-order chi connectivity index (χ1) is 9.34. The van der Waals surface area contributed by atoms with Crippen molar-refractivity contribution < 1.29 is 4.52 Å². The monoisotopic (exact) mass is 258 g/mol. The average molecular weight is 258 g/mol. The zero-order valence-electron chi connectivity index (χ0n) is 11.1. The largest absolute Gasteiger partial charge is 0.337 e. The van der Waals surface area contributed by atoms with Gasteiger partial charge in [-0.3, -0.25) is 4.98 Å². The van der Waals surface area contributed by atoms with E-state index < -0.39 is 0 Å². The number of hydrogen-bond donors (Lipinski definition) is 1. The molecular formula is C14H18N4O. The molecule has 0 radical (unpaired) electrons. The molecule has 5 heteroatoms. The highest BCUT2D eigenvalue weighted by atomic mass is 16.5. The van der Waals surface area contributed by atoms with Gasteiger partial charge in [-0.25, -0.2) is 0 Å². The van der Waals surface area contributed by atoms with Crippen molar-refractivity contribution in [1.82, 2.24) is 20.4 Å². The summed E-state index contributed by atoms with van der Waals surface area (Å²) in [6.07, 6.45) is 7.84. The minimum atomic E-state index is -0.123. The van der Waals surface area contributed by atoms with E-state index in [9.17, 15) is 0 Å². The van der Waals surface area contributed by atoms with Crippen molar-refractivity contribution in [1.29, 1.82) is 0 Å². The summed E-state index contributed by atoms with van der Waals surface area (Å²) in [6.45, 7) is 3.20. The lowest BCUT2D eigenvalue weighted by molar-refractivity contribution is 0.241. The smallest absolute Gasteiger partial charge is 0.247 e. The van der Waals surface area contributed by atoms with Crippen LogP contribution in [0.4, 0.5) is 0 Å². The third kappa shape index (κ3) is 2.26. The maximum Gasteiger partial charge on any atom is 0.247 e. The maximum atomic E-state index is 5.51. The van der Waals surface area contributed by atoms with Gasteiger partial charge in [-0.2, -0.15) is 4.98 Å². The van der Waals surface area contributed by atoms with Crippen LogP contribution in [0.15, 0.2) is 29.0 Å². The Bertz CT molecular complexity index is 531. The third-order valence-corrected chi connectivity index (χ3v) is 3.68. The molecule has 1 saturated heterocycles. The Balaban J connectivity index is 1.92. The Labute approximate surface area is 112 Å². The van der Waals surface area contributed by atoms with E-state index in [4.69, 9.17) is 4.52 Å². The second-order valence-corrected chi connectivity index (χ2v) is 5.03. The van der Waals surface area contributed by atoms with Gasteiger partial charge in [-0.15, -0.1) is 0 Å². The SMILES string of the molecule is CCCC1(c2nc(-c3cccnc3)no2)CCCN1. The fourth-order valence-electron chi connectivity index (χ4n) is 2.77. The van der Waals surface area contributed by atoms with E-state index in [1.807, 2.05) is 12.1 Å². The van der Waals surface area contributed by atoms with Crippen LogP contribution in [0.2, 0.25) is 0 Å². The van der Waals surface area contributed by atoms with Crippen molar-refractivity contribution in [2.75, 3.05) is 6.54 Å². The molecule has 0 bridgehead atoms. The van der Waals surface area contributed by atoms with Crippen LogP contribution < -0.4 is 5.32 Å². The molecule has 1 fully saturated rings. The summed E-state index contributed by atoms with van der Waals surface area (Å²) in [5.74, 6) is 1.33. The summed E-state index contributed by atoms with van der Waals surface area (Å²) in [5.41, 5.74) is 0.768. The molecule has 0 aromatic carbocycles. The molecule has 19 heavy (non-hydrogen) atoms. The molecule has 2 aromatic rings. The highest BCUT2D eigenvalue weighted by molar-refractivity contribution is 5.52. The highest BCUT2D eigenvalue weighted by Crippen LogP contribution is 2.34. The molecule has 1 atom stereocenters. The van der Waals surface area contributed by atoms with E-state index in [0.717, 1.165) is 37.8 Å². The van der Waals surface area contributed by atoms with Gasteiger partial charge in [0, 0.05) is 18.0 Å². The van der Waals surface area contributed by atoms with Gasteiger partial charge in [0.1, 0.15) is 0 Å². The maximum absolute atomic E-state index is 5.51. The molecule has 0 spiro atoms. The number of pyridine rings is 1. The van der Waals surface area contributed by atoms with Crippen LogP contribution >= 0.6 is 0 Å². The third-order valence-electron chi connectivity index (χ3n) is 3.68. The summed E-state index contributed by atoms with van der Waals surface area (Å²) in [4.78, 5) is 8.66. The number of nitrogens with one attached hydrogen (secondary N) is 1. The van der Waals surface area contributed by atoms with Crippen molar-refractivity contribution >= 4 is 0 Å². The Morgan fingerprint density at radius 2 is 2.42 bits per heavy atom. The molecule has 3 heterocycles. The van der Waals surface area contributed by atoms with Gasteiger partial charge in [0.2, 0.25) is 11.7 Å². The van der Waals surface area contributed by atoms with Crippen molar-refractivity contribution in [2.45, 2.75) is 38.1 Å². The quantitative estimate of drug-likeness (QED) is 0.912. The molecule has 0 amide bonds. The lowest BCUT2D eigenvalue weighted by Crippen LogP contribution is -2.36. The molecule has 3 rings (SSSR count). The average Bonchev–Trinajstić information content (AvgIpc) is 3.09.